The van der Waals surface area contributed by atoms with Crippen molar-refractivity contribution in [2.45, 2.75) is 6.04 Å². The average molecular weight is 267 g/mol. The van der Waals surface area contributed by atoms with Gasteiger partial charge in [0.25, 0.3) is 0 Å². The normalized spacial score (nSPS) is 18.7. The Labute approximate surface area is 118 Å². The van der Waals surface area contributed by atoms with Gasteiger partial charge in [0.1, 0.15) is 18.6 Å². The van der Waals surface area contributed by atoms with Gasteiger partial charge in [-0.1, -0.05) is 48.5 Å². The highest BCUT2D eigenvalue weighted by Gasteiger charge is 2.27. The number of aldehydes is 1. The third-order valence-electron chi connectivity index (χ3n) is 3.64. The van der Waals surface area contributed by atoms with Gasteiger partial charge in [-0.3, -0.25) is 4.90 Å². The molecule has 0 fully saturated rings. The molecular weight excluding hydrogens is 250 g/mol. The molecule has 3 rings (SSSR count). The van der Waals surface area contributed by atoms with Crippen LogP contribution < -0.4 is 4.74 Å². The molecule has 1 aliphatic rings. The highest BCUT2D eigenvalue weighted by atomic mass is 16.5. The average Bonchev–Trinajstić information content (AvgIpc) is 2.68. The van der Waals surface area contributed by atoms with Crippen molar-refractivity contribution in [3.05, 3.63) is 65.7 Å². The van der Waals surface area contributed by atoms with Crippen LogP contribution in [0, 0.1) is 0 Å². The summed E-state index contributed by atoms with van der Waals surface area (Å²) in [5.74, 6) is 0.912. The lowest BCUT2D eigenvalue weighted by molar-refractivity contribution is -0.109. The van der Waals surface area contributed by atoms with Gasteiger partial charge in [0.05, 0.1) is 12.6 Å². The molecule has 0 N–H and O–H groups in total. The summed E-state index contributed by atoms with van der Waals surface area (Å²) in [5.41, 5.74) is 2.31. The van der Waals surface area contributed by atoms with Crippen molar-refractivity contribution in [2.75, 3.05) is 19.7 Å². The first-order chi connectivity index (χ1) is 9.90. The van der Waals surface area contributed by atoms with Crippen molar-refractivity contribution in [3.63, 3.8) is 0 Å². The van der Waals surface area contributed by atoms with E-state index in [2.05, 4.69) is 23.1 Å². The minimum Gasteiger partial charge on any atom is -0.492 e. The summed E-state index contributed by atoms with van der Waals surface area (Å²) < 4.78 is 5.82. The Morgan fingerprint density at radius 2 is 1.85 bits per heavy atom. The number of para-hydroxylation sites is 1. The van der Waals surface area contributed by atoms with Gasteiger partial charge in [-0.2, -0.15) is 0 Å². The highest BCUT2D eigenvalue weighted by Crippen LogP contribution is 2.36. The molecule has 0 radical (unpaired) electrons. The van der Waals surface area contributed by atoms with Crippen LogP contribution in [0.2, 0.25) is 0 Å². The van der Waals surface area contributed by atoms with Gasteiger partial charge in [-0.15, -0.1) is 0 Å². The second-order valence-corrected chi connectivity index (χ2v) is 4.86. The first kappa shape index (κ1) is 12.9. The topological polar surface area (TPSA) is 29.5 Å². The van der Waals surface area contributed by atoms with E-state index in [1.165, 1.54) is 5.56 Å². The fourth-order valence-electron chi connectivity index (χ4n) is 2.75. The van der Waals surface area contributed by atoms with Crippen molar-refractivity contribution >= 4 is 6.29 Å². The zero-order valence-corrected chi connectivity index (χ0v) is 11.2. The molecule has 1 aliphatic heterocycles. The van der Waals surface area contributed by atoms with Crippen molar-refractivity contribution in [2.24, 2.45) is 0 Å². The second-order valence-electron chi connectivity index (χ2n) is 4.86. The summed E-state index contributed by atoms with van der Waals surface area (Å²) in [6, 6.07) is 18.4. The maximum Gasteiger partial charge on any atom is 0.134 e. The number of hydrogen-bond donors (Lipinski definition) is 0. The SMILES string of the molecule is O=CCN1CCOc2ccccc2C1c1ccccc1. The maximum atomic E-state index is 11.0. The minimum absolute atomic E-state index is 0.0695. The Morgan fingerprint density at radius 1 is 1.10 bits per heavy atom. The number of carbonyl (C=O) groups is 1. The van der Waals surface area contributed by atoms with Crippen LogP contribution in [0.15, 0.2) is 54.6 Å². The molecule has 1 heterocycles. The van der Waals surface area contributed by atoms with Gasteiger partial charge in [0, 0.05) is 12.1 Å². The summed E-state index contributed by atoms with van der Waals surface area (Å²) >= 11 is 0. The van der Waals surface area contributed by atoms with E-state index in [-0.39, 0.29) is 6.04 Å². The highest BCUT2D eigenvalue weighted by molar-refractivity contribution is 5.53. The smallest absolute Gasteiger partial charge is 0.134 e. The molecule has 2 aromatic carbocycles. The largest absolute Gasteiger partial charge is 0.492 e. The van der Waals surface area contributed by atoms with Crippen LogP contribution >= 0.6 is 0 Å². The minimum atomic E-state index is 0.0695. The lowest BCUT2D eigenvalue weighted by atomic mass is 9.96. The van der Waals surface area contributed by atoms with Gasteiger partial charge >= 0.3 is 0 Å². The number of nitrogens with zero attached hydrogens (tertiary/aromatic N) is 1. The summed E-state index contributed by atoms with van der Waals surface area (Å²) in [4.78, 5) is 13.2. The first-order valence-corrected chi connectivity index (χ1v) is 6.84. The van der Waals surface area contributed by atoms with Crippen molar-refractivity contribution in [1.29, 1.82) is 0 Å². The quantitative estimate of drug-likeness (QED) is 0.801. The molecule has 102 valence electrons. The monoisotopic (exact) mass is 267 g/mol. The number of rotatable bonds is 3. The van der Waals surface area contributed by atoms with E-state index in [0.29, 0.717) is 13.2 Å². The van der Waals surface area contributed by atoms with Gasteiger partial charge in [0.15, 0.2) is 0 Å². The predicted octanol–water partition coefficient (Wildman–Crippen LogP) is 2.67. The number of carbonyl (C=O) groups excluding carboxylic acids is 1. The fourth-order valence-corrected chi connectivity index (χ4v) is 2.75. The Morgan fingerprint density at radius 3 is 2.65 bits per heavy atom. The number of benzene rings is 2. The van der Waals surface area contributed by atoms with E-state index >= 15 is 0 Å². The Kier molecular flexibility index (Phi) is 3.79. The lowest BCUT2D eigenvalue weighted by Crippen LogP contribution is -2.32. The predicted molar refractivity (Wildman–Crippen MR) is 77.9 cm³/mol. The molecule has 0 aliphatic carbocycles. The van der Waals surface area contributed by atoms with Crippen molar-refractivity contribution in [3.8, 4) is 5.75 Å². The van der Waals surface area contributed by atoms with E-state index in [4.69, 9.17) is 4.74 Å². The van der Waals surface area contributed by atoms with Gasteiger partial charge in [-0.05, 0) is 11.6 Å². The van der Waals surface area contributed by atoms with Gasteiger partial charge in [0.2, 0.25) is 0 Å². The molecule has 2 aromatic rings. The number of ether oxygens (including phenoxy) is 1. The van der Waals surface area contributed by atoms with Crippen LogP contribution in [0.1, 0.15) is 17.2 Å². The third kappa shape index (κ3) is 2.45. The Hall–Kier alpha value is -2.13. The van der Waals surface area contributed by atoms with Crippen LogP contribution in [-0.4, -0.2) is 30.9 Å². The molecule has 0 saturated heterocycles. The molecule has 0 amide bonds. The van der Waals surface area contributed by atoms with Crippen LogP contribution in [0.3, 0.4) is 0 Å². The van der Waals surface area contributed by atoms with E-state index < -0.39 is 0 Å². The Bertz CT molecular complexity index is 583. The lowest BCUT2D eigenvalue weighted by Gasteiger charge is -2.28. The zero-order valence-electron chi connectivity index (χ0n) is 11.2. The Balaban J connectivity index is 2.10. The van der Waals surface area contributed by atoms with Crippen LogP contribution in [0.25, 0.3) is 0 Å². The molecule has 3 heteroatoms. The summed E-state index contributed by atoms with van der Waals surface area (Å²) in [6.07, 6.45) is 0.962. The molecule has 1 unspecified atom stereocenters. The molecule has 0 aromatic heterocycles. The van der Waals surface area contributed by atoms with Crippen LogP contribution in [0.5, 0.6) is 5.75 Å². The summed E-state index contributed by atoms with van der Waals surface area (Å²) in [5, 5.41) is 0. The summed E-state index contributed by atoms with van der Waals surface area (Å²) in [7, 11) is 0. The molecule has 3 nitrogen and oxygen atoms in total. The standard InChI is InChI=1S/C17H17NO2/c19-12-10-18-11-13-20-16-9-5-4-8-15(16)17(18)14-6-2-1-3-7-14/h1-9,12,17H,10-11,13H2. The van der Waals surface area contributed by atoms with Crippen LogP contribution in [0.4, 0.5) is 0 Å². The maximum absolute atomic E-state index is 11.0. The number of hydrogen-bond acceptors (Lipinski definition) is 3. The van der Waals surface area contributed by atoms with Crippen LogP contribution in [-0.2, 0) is 4.79 Å². The van der Waals surface area contributed by atoms with Gasteiger partial charge < -0.3 is 9.53 Å². The molecule has 0 bridgehead atoms. The third-order valence-corrected chi connectivity index (χ3v) is 3.64. The zero-order chi connectivity index (χ0) is 13.8. The van der Waals surface area contributed by atoms with E-state index in [9.17, 15) is 4.79 Å². The van der Waals surface area contributed by atoms with Gasteiger partial charge in [-0.25, -0.2) is 0 Å². The molecule has 20 heavy (non-hydrogen) atoms. The first-order valence-electron chi connectivity index (χ1n) is 6.84. The molecule has 0 saturated carbocycles. The van der Waals surface area contributed by atoms with Crippen molar-refractivity contribution in [1.82, 2.24) is 4.90 Å². The second kappa shape index (κ2) is 5.88. The molecule has 0 spiro atoms. The fraction of sp³-hybridized carbons (Fsp3) is 0.235. The molecular formula is C17H17NO2. The summed E-state index contributed by atoms with van der Waals surface area (Å²) in [6.45, 7) is 1.76. The van der Waals surface area contributed by atoms with E-state index in [1.807, 2.05) is 36.4 Å². The van der Waals surface area contributed by atoms with E-state index in [0.717, 1.165) is 24.1 Å². The number of fused-ring (bicyclic) bond motifs is 1. The van der Waals surface area contributed by atoms with E-state index in [1.54, 1.807) is 0 Å². The van der Waals surface area contributed by atoms with Crippen molar-refractivity contribution < 1.29 is 9.53 Å². The molecule has 1 atom stereocenters.